The van der Waals surface area contributed by atoms with E-state index in [1.807, 2.05) is 78.9 Å². The van der Waals surface area contributed by atoms with Crippen LogP contribution in [0.1, 0.15) is 88.7 Å². The number of fused-ring (bicyclic) bond motifs is 6. The van der Waals surface area contributed by atoms with Crippen molar-refractivity contribution in [2.45, 2.75) is 100 Å². The van der Waals surface area contributed by atoms with Crippen LogP contribution in [0.4, 0.5) is 11.4 Å². The fraction of sp³-hybridized carbons (Fsp3) is 0.309. The molecule has 0 fully saturated rings. The van der Waals surface area contributed by atoms with Gasteiger partial charge in [0.25, 0.3) is 30.4 Å². The van der Waals surface area contributed by atoms with E-state index in [2.05, 4.69) is 69.0 Å². The van der Waals surface area contributed by atoms with Gasteiger partial charge in [-0.3, -0.25) is 18.5 Å². The molecule has 6 aromatic rings. The van der Waals surface area contributed by atoms with Crippen LogP contribution in [0.25, 0.3) is 32.9 Å². The van der Waals surface area contributed by atoms with Crippen LogP contribution in [-0.2, 0) is 52.5 Å². The lowest BCUT2D eigenvalue weighted by Gasteiger charge is -2.27. The van der Waals surface area contributed by atoms with E-state index < -0.39 is 41.2 Å². The molecule has 0 aliphatic carbocycles. The molecule has 392 valence electrons. The van der Waals surface area contributed by atoms with E-state index in [0.717, 1.165) is 68.7 Å². The number of nitrogens with one attached hydrogen (secondary N) is 1. The van der Waals surface area contributed by atoms with Gasteiger partial charge in [-0.25, -0.2) is 0 Å². The van der Waals surface area contributed by atoms with Crippen LogP contribution >= 0.6 is 0 Å². The van der Waals surface area contributed by atoms with Crippen molar-refractivity contribution in [3.05, 3.63) is 156 Å². The molecule has 0 saturated carbocycles. The fourth-order valence-electron chi connectivity index (χ4n) is 10.2. The molecule has 0 radical (unpaired) electrons. The maximum atomic E-state index is 12.9. The third kappa shape index (κ3) is 12.3. The number of hydrogen-bond acceptors (Lipinski definition) is 12. The molecule has 0 spiro atoms. The van der Waals surface area contributed by atoms with E-state index in [4.69, 9.17) is 0 Å². The molecule has 75 heavy (non-hydrogen) atoms. The third-order valence-electron chi connectivity index (χ3n) is 13.8. The summed E-state index contributed by atoms with van der Waals surface area (Å²) in [5.41, 5.74) is 6.42. The zero-order valence-electron chi connectivity index (χ0n) is 42.3. The molecular formula is C55H60N7O10S3+. The summed E-state index contributed by atoms with van der Waals surface area (Å²) in [6, 6.07) is 24.3. The first-order chi connectivity index (χ1) is 35.4. The van der Waals surface area contributed by atoms with Crippen molar-refractivity contribution in [2.24, 2.45) is 0 Å². The summed E-state index contributed by atoms with van der Waals surface area (Å²) in [5.74, 6) is 0.516. The molecule has 2 aliphatic heterocycles. The molecule has 8 rings (SSSR count). The zero-order chi connectivity index (χ0) is 53.9. The van der Waals surface area contributed by atoms with E-state index in [0.29, 0.717) is 61.3 Å². The number of aromatic nitrogens is 4. The van der Waals surface area contributed by atoms with Gasteiger partial charge in [-0.2, -0.15) is 29.8 Å². The van der Waals surface area contributed by atoms with Crippen molar-refractivity contribution in [3.63, 3.8) is 0 Å². The number of carbonyl (C=O) groups excluding carboxylic acids is 1. The molecule has 17 nitrogen and oxygen atoms in total. The first-order valence-corrected chi connectivity index (χ1v) is 29.0. The van der Waals surface area contributed by atoms with Gasteiger partial charge in [0.05, 0.1) is 21.0 Å². The molecule has 0 saturated heterocycles. The normalized spacial score (nSPS) is 16.1. The van der Waals surface area contributed by atoms with Crippen LogP contribution in [0.5, 0.6) is 0 Å². The number of benzene rings is 5. The highest BCUT2D eigenvalue weighted by atomic mass is 32.2. The minimum atomic E-state index is -4.42. The molecule has 0 bridgehead atoms. The molecule has 0 unspecified atom stereocenters. The lowest BCUT2D eigenvalue weighted by Crippen LogP contribution is -2.28. The highest BCUT2D eigenvalue weighted by Gasteiger charge is 2.45. The van der Waals surface area contributed by atoms with Crippen LogP contribution in [0, 0.1) is 6.92 Å². The Morgan fingerprint density at radius 3 is 1.92 bits per heavy atom. The Morgan fingerprint density at radius 1 is 0.667 bits per heavy atom. The molecule has 1 amide bonds. The van der Waals surface area contributed by atoms with Crippen LogP contribution < -0.4 is 10.2 Å². The minimum Gasteiger partial charge on any atom is -0.352 e. The van der Waals surface area contributed by atoms with Crippen molar-refractivity contribution >= 4 is 74.9 Å². The van der Waals surface area contributed by atoms with Crippen LogP contribution in [0.15, 0.2) is 143 Å². The van der Waals surface area contributed by atoms with E-state index in [1.54, 1.807) is 25.1 Å². The average molecular weight is 1080 g/mol. The quantitative estimate of drug-likeness (QED) is 0.0241. The molecular weight excluding hydrogens is 1010 g/mol. The van der Waals surface area contributed by atoms with Gasteiger partial charge in [-0.1, -0.05) is 86.7 Å². The molecule has 3 heterocycles. The number of unbranched alkanes of at least 4 members (excludes halogenated alkanes) is 3. The summed E-state index contributed by atoms with van der Waals surface area (Å²) in [4.78, 5) is 14.6. The average Bonchev–Trinajstić information content (AvgIpc) is 3.77. The van der Waals surface area contributed by atoms with Gasteiger partial charge in [0.1, 0.15) is 6.54 Å². The number of rotatable bonds is 20. The predicted molar refractivity (Wildman–Crippen MR) is 290 cm³/mol. The van der Waals surface area contributed by atoms with Gasteiger partial charge < -0.3 is 10.2 Å². The van der Waals surface area contributed by atoms with E-state index in [1.165, 1.54) is 24.3 Å². The monoisotopic (exact) mass is 1070 g/mol. The van der Waals surface area contributed by atoms with Gasteiger partial charge in [-0.15, -0.1) is 20.4 Å². The number of allylic oxidation sites excluding steroid dienone is 8. The predicted octanol–water partition coefficient (Wildman–Crippen LogP) is 9.31. The molecule has 5 aromatic carbocycles. The summed E-state index contributed by atoms with van der Waals surface area (Å²) in [6.07, 6.45) is 17.1. The summed E-state index contributed by atoms with van der Waals surface area (Å²) in [7, 11) is -13.0. The Bertz CT molecular complexity index is 3700. The smallest absolute Gasteiger partial charge is 0.294 e. The third-order valence-corrected chi connectivity index (χ3v) is 16.3. The molecule has 4 N–H and O–H groups in total. The second kappa shape index (κ2) is 21.8. The van der Waals surface area contributed by atoms with Gasteiger partial charge in [0.2, 0.25) is 17.4 Å². The summed E-state index contributed by atoms with van der Waals surface area (Å²) in [5, 5.41) is 22.1. The van der Waals surface area contributed by atoms with Gasteiger partial charge in [0, 0.05) is 66.0 Å². The maximum absolute atomic E-state index is 12.9. The molecule has 20 heteroatoms. The minimum absolute atomic E-state index is 0.0409. The first kappa shape index (κ1) is 54.5. The van der Waals surface area contributed by atoms with E-state index in [9.17, 15) is 43.7 Å². The van der Waals surface area contributed by atoms with E-state index in [-0.39, 0.29) is 27.9 Å². The fourth-order valence-corrected chi connectivity index (χ4v) is 11.8. The highest BCUT2D eigenvalue weighted by Crippen LogP contribution is 2.51. The van der Waals surface area contributed by atoms with Crippen LogP contribution in [0.3, 0.4) is 0 Å². The Morgan fingerprint density at radius 2 is 1.28 bits per heavy atom. The Hall–Kier alpha value is -6.81. The SMILES string of the molecule is Cc1nnc(-c2ccc(CNC(=O)CCCCC[N+]3=C(/C=C/C=C/C=C/C=C4/N(CCCCS(=O)(=O)O)c5ccc6cc(S(=O)(=O)O)ccc6c5C4(C)C)C(C)(C)c4c3ccc3cc(S(=O)(=O)O)ccc43)cc2)nn1. The Labute approximate surface area is 437 Å². The number of nitrogens with zero attached hydrogens (tertiary/aromatic N) is 6. The number of aryl methyl sites for hydroxylation is 1. The second-order valence-electron chi connectivity index (χ2n) is 19.8. The molecule has 2 aliphatic rings. The number of hydrogen-bond donors (Lipinski definition) is 4. The summed E-state index contributed by atoms with van der Waals surface area (Å²) >= 11 is 0. The lowest BCUT2D eigenvalue weighted by molar-refractivity contribution is -0.438. The van der Waals surface area contributed by atoms with Crippen molar-refractivity contribution < 1.29 is 48.3 Å². The maximum Gasteiger partial charge on any atom is 0.294 e. The lowest BCUT2D eigenvalue weighted by atomic mass is 9.79. The number of amides is 1. The van der Waals surface area contributed by atoms with Crippen molar-refractivity contribution in [2.75, 3.05) is 23.7 Å². The molecule has 0 atom stereocenters. The Balaban J connectivity index is 0.983. The van der Waals surface area contributed by atoms with Gasteiger partial charge >= 0.3 is 0 Å². The van der Waals surface area contributed by atoms with Gasteiger partial charge in [0.15, 0.2) is 11.5 Å². The van der Waals surface area contributed by atoms with Crippen LogP contribution in [0.2, 0.25) is 0 Å². The molecule has 1 aromatic heterocycles. The first-order valence-electron chi connectivity index (χ1n) is 24.5. The van der Waals surface area contributed by atoms with Crippen LogP contribution in [-0.4, -0.2) is 94.3 Å². The summed E-state index contributed by atoms with van der Waals surface area (Å²) in [6.45, 7) is 11.6. The van der Waals surface area contributed by atoms with Crippen molar-refractivity contribution in [1.82, 2.24) is 25.7 Å². The standard InChI is InChI=1S/C55H59N7O10S3/c1-37-57-59-53(60-58-37)39-21-19-38(20-22-39)36-56-50(63)18-12-9-13-31-61-46-29-23-40-34-42(74(67,68)69)25-27-44(40)51(46)54(2,3)48(61)16-10-7-6-8-11-17-49-55(4,5)52-45-28-26-43(75(70,71)72)35-41(45)24-30-47(52)62(49)32-14-15-33-73(64,65)66/h6-8,10-11,16-17,19-30,34-35H,9,12-15,18,31-33,36H2,1-5H3,(H3-,56,63,64,65,66,67,68,69,70,71,72)/p+1. The topological polar surface area (TPSA) is 250 Å². The number of carbonyl (C=O) groups is 1. The second-order valence-corrected chi connectivity index (χ2v) is 24.2. The van der Waals surface area contributed by atoms with Gasteiger partial charge in [-0.05, 0) is 122 Å². The largest absolute Gasteiger partial charge is 0.352 e. The highest BCUT2D eigenvalue weighted by molar-refractivity contribution is 7.86. The zero-order valence-corrected chi connectivity index (χ0v) is 44.8. The van der Waals surface area contributed by atoms with E-state index >= 15 is 0 Å². The number of anilines is 1. The summed E-state index contributed by atoms with van der Waals surface area (Å²) < 4.78 is 102. The van der Waals surface area contributed by atoms with Crippen molar-refractivity contribution in [3.8, 4) is 11.4 Å². The van der Waals surface area contributed by atoms with Crippen molar-refractivity contribution in [1.29, 1.82) is 0 Å². The Kier molecular flexibility index (Phi) is 15.8.